The first-order valence-electron chi connectivity index (χ1n) is 3.44. The van der Waals surface area contributed by atoms with E-state index in [-0.39, 0.29) is 6.08 Å². The molecular formula is C8H7NO2S. The predicted octanol–water partition coefficient (Wildman–Crippen LogP) is 2.13. The van der Waals surface area contributed by atoms with Crippen molar-refractivity contribution in [2.75, 3.05) is 7.11 Å². The Kier molecular flexibility index (Phi) is 1.69. The lowest BCUT2D eigenvalue weighted by Crippen LogP contribution is -1.79. The van der Waals surface area contributed by atoms with E-state index < -0.39 is 0 Å². The number of hydrogen-bond acceptors (Lipinski definition) is 4. The van der Waals surface area contributed by atoms with E-state index in [1.807, 2.05) is 18.2 Å². The molecule has 0 aliphatic rings. The number of hydrogen-bond donors (Lipinski definition) is 1. The van der Waals surface area contributed by atoms with Crippen molar-refractivity contribution in [1.82, 2.24) is 4.98 Å². The molecule has 0 unspecified atom stereocenters. The van der Waals surface area contributed by atoms with Crippen LogP contribution in [-0.2, 0) is 0 Å². The number of oxazole rings is 1. The van der Waals surface area contributed by atoms with Gasteiger partial charge < -0.3 is 9.15 Å². The van der Waals surface area contributed by atoms with E-state index in [1.54, 1.807) is 0 Å². The maximum Gasteiger partial charge on any atom is 0.394 e. The largest absolute Gasteiger partial charge is 0.453 e. The van der Waals surface area contributed by atoms with Crippen LogP contribution in [0.5, 0.6) is 6.08 Å². The molecule has 0 saturated carbocycles. The van der Waals surface area contributed by atoms with Crippen molar-refractivity contribution in [3.8, 4) is 6.08 Å². The smallest absolute Gasteiger partial charge is 0.394 e. The van der Waals surface area contributed by atoms with Crippen molar-refractivity contribution in [3.05, 3.63) is 18.2 Å². The Labute approximate surface area is 74.8 Å². The first kappa shape index (κ1) is 7.49. The standard InChI is InChI=1S/C8H7NO2S/c1-10-8-9-5-3-2-4-6(12)7(5)11-8/h2-4,12H,1H3. The van der Waals surface area contributed by atoms with E-state index in [9.17, 15) is 0 Å². The lowest BCUT2D eigenvalue weighted by Gasteiger charge is -1.88. The molecule has 2 rings (SSSR count). The minimum Gasteiger partial charge on any atom is -0.453 e. The van der Waals surface area contributed by atoms with Gasteiger partial charge in [0.05, 0.1) is 7.11 Å². The highest BCUT2D eigenvalue weighted by molar-refractivity contribution is 7.80. The predicted molar refractivity (Wildman–Crippen MR) is 47.8 cm³/mol. The molecule has 12 heavy (non-hydrogen) atoms. The van der Waals surface area contributed by atoms with Crippen molar-refractivity contribution in [2.45, 2.75) is 4.90 Å². The zero-order valence-corrected chi connectivity index (χ0v) is 7.34. The number of rotatable bonds is 1. The molecule has 0 bridgehead atoms. The van der Waals surface area contributed by atoms with Crippen molar-refractivity contribution >= 4 is 23.7 Å². The molecule has 0 saturated heterocycles. The van der Waals surface area contributed by atoms with Crippen LogP contribution in [0.3, 0.4) is 0 Å². The molecule has 1 aromatic heterocycles. The van der Waals surface area contributed by atoms with E-state index in [1.165, 1.54) is 7.11 Å². The molecule has 0 atom stereocenters. The van der Waals surface area contributed by atoms with Crippen molar-refractivity contribution in [1.29, 1.82) is 0 Å². The van der Waals surface area contributed by atoms with Crippen molar-refractivity contribution < 1.29 is 9.15 Å². The third kappa shape index (κ3) is 1.04. The summed E-state index contributed by atoms with van der Waals surface area (Å²) in [7, 11) is 1.52. The van der Waals surface area contributed by atoms with Gasteiger partial charge in [0.1, 0.15) is 5.52 Å². The average Bonchev–Trinajstić information content (AvgIpc) is 2.49. The van der Waals surface area contributed by atoms with Gasteiger partial charge in [0, 0.05) is 4.90 Å². The summed E-state index contributed by atoms with van der Waals surface area (Å²) in [5, 5.41) is 0. The maximum absolute atomic E-state index is 5.24. The summed E-state index contributed by atoms with van der Waals surface area (Å²) in [5.41, 5.74) is 1.43. The van der Waals surface area contributed by atoms with Gasteiger partial charge in [0.2, 0.25) is 0 Å². The van der Waals surface area contributed by atoms with Gasteiger partial charge in [-0.1, -0.05) is 6.07 Å². The molecular weight excluding hydrogens is 174 g/mol. The fraction of sp³-hybridized carbons (Fsp3) is 0.125. The number of ether oxygens (including phenoxy) is 1. The van der Waals surface area contributed by atoms with Crippen molar-refractivity contribution in [3.63, 3.8) is 0 Å². The van der Waals surface area contributed by atoms with Gasteiger partial charge in [0.15, 0.2) is 5.58 Å². The SMILES string of the molecule is COc1nc2cccc(S)c2o1. The van der Waals surface area contributed by atoms with E-state index in [0.29, 0.717) is 5.58 Å². The molecule has 0 amide bonds. The third-order valence-corrected chi connectivity index (χ3v) is 1.90. The Morgan fingerprint density at radius 3 is 3.00 bits per heavy atom. The van der Waals surface area contributed by atoms with Crippen LogP contribution in [0.25, 0.3) is 11.1 Å². The summed E-state index contributed by atoms with van der Waals surface area (Å²) >= 11 is 4.21. The molecule has 0 aliphatic carbocycles. The zero-order valence-electron chi connectivity index (χ0n) is 6.44. The lowest BCUT2D eigenvalue weighted by atomic mass is 10.3. The molecule has 0 spiro atoms. The van der Waals surface area contributed by atoms with E-state index >= 15 is 0 Å². The van der Waals surface area contributed by atoms with E-state index in [0.717, 1.165) is 10.4 Å². The topological polar surface area (TPSA) is 35.3 Å². The second-order valence-electron chi connectivity index (χ2n) is 2.31. The summed E-state index contributed by atoms with van der Waals surface area (Å²) in [5.74, 6) is 0. The highest BCUT2D eigenvalue weighted by Gasteiger charge is 2.06. The van der Waals surface area contributed by atoms with Gasteiger partial charge in [-0.15, -0.1) is 12.6 Å². The Morgan fingerprint density at radius 2 is 2.33 bits per heavy atom. The number of para-hydroxylation sites is 1. The second-order valence-corrected chi connectivity index (χ2v) is 2.79. The van der Waals surface area contributed by atoms with Gasteiger partial charge >= 0.3 is 6.08 Å². The van der Waals surface area contributed by atoms with Crippen LogP contribution in [0.2, 0.25) is 0 Å². The van der Waals surface area contributed by atoms with Crippen LogP contribution in [0.4, 0.5) is 0 Å². The molecule has 3 nitrogen and oxygen atoms in total. The summed E-state index contributed by atoms with van der Waals surface area (Å²) < 4.78 is 10.1. The molecule has 2 aromatic rings. The number of benzene rings is 1. The van der Waals surface area contributed by atoms with Gasteiger partial charge in [-0.05, 0) is 12.1 Å². The maximum atomic E-state index is 5.24. The second kappa shape index (κ2) is 2.71. The molecule has 0 N–H and O–H groups in total. The number of nitrogens with zero attached hydrogens (tertiary/aromatic N) is 1. The number of aromatic nitrogens is 1. The molecule has 1 heterocycles. The van der Waals surface area contributed by atoms with Gasteiger partial charge in [0.25, 0.3) is 0 Å². The first-order chi connectivity index (χ1) is 5.81. The molecule has 4 heteroatoms. The molecule has 0 radical (unpaired) electrons. The van der Waals surface area contributed by atoms with Gasteiger partial charge in [-0.2, -0.15) is 4.98 Å². The van der Waals surface area contributed by atoms with Crippen molar-refractivity contribution in [2.24, 2.45) is 0 Å². The molecule has 62 valence electrons. The average molecular weight is 181 g/mol. The van der Waals surface area contributed by atoms with Crippen LogP contribution in [0.1, 0.15) is 0 Å². The Balaban J connectivity index is 2.74. The summed E-state index contributed by atoms with van der Waals surface area (Å²) in [4.78, 5) is 4.82. The number of fused-ring (bicyclic) bond motifs is 1. The Hall–Kier alpha value is -1.16. The van der Waals surface area contributed by atoms with Crippen LogP contribution in [0.15, 0.2) is 27.5 Å². The van der Waals surface area contributed by atoms with Crippen LogP contribution in [0, 0.1) is 0 Å². The summed E-state index contributed by atoms with van der Waals surface area (Å²) in [6.07, 6.45) is 0.270. The quantitative estimate of drug-likeness (QED) is 0.684. The minimum atomic E-state index is 0.270. The van der Waals surface area contributed by atoms with Crippen LogP contribution in [-0.4, -0.2) is 12.1 Å². The van der Waals surface area contributed by atoms with Gasteiger partial charge in [-0.25, -0.2) is 0 Å². The Morgan fingerprint density at radius 1 is 1.50 bits per heavy atom. The molecule has 0 aliphatic heterocycles. The van der Waals surface area contributed by atoms with E-state index in [2.05, 4.69) is 17.6 Å². The number of methoxy groups -OCH3 is 1. The minimum absolute atomic E-state index is 0.270. The van der Waals surface area contributed by atoms with Crippen LogP contribution < -0.4 is 4.74 Å². The third-order valence-electron chi connectivity index (χ3n) is 1.55. The number of thiol groups is 1. The first-order valence-corrected chi connectivity index (χ1v) is 3.88. The molecule has 1 aromatic carbocycles. The highest BCUT2D eigenvalue weighted by atomic mass is 32.1. The van der Waals surface area contributed by atoms with Crippen LogP contribution >= 0.6 is 12.6 Å². The zero-order chi connectivity index (χ0) is 8.55. The fourth-order valence-electron chi connectivity index (χ4n) is 1.00. The normalized spacial score (nSPS) is 10.5. The molecule has 0 fully saturated rings. The lowest BCUT2D eigenvalue weighted by molar-refractivity contribution is 0.299. The summed E-state index contributed by atoms with van der Waals surface area (Å²) in [6, 6.07) is 5.56. The fourth-order valence-corrected chi connectivity index (χ4v) is 1.25. The Bertz CT molecular complexity index is 410. The monoisotopic (exact) mass is 181 g/mol. The summed E-state index contributed by atoms with van der Waals surface area (Å²) in [6.45, 7) is 0. The van der Waals surface area contributed by atoms with Gasteiger partial charge in [-0.3, -0.25) is 0 Å². The highest BCUT2D eigenvalue weighted by Crippen LogP contribution is 2.25. The van der Waals surface area contributed by atoms with E-state index in [4.69, 9.17) is 9.15 Å².